The average molecular weight is 437 g/mol. The highest BCUT2D eigenvalue weighted by molar-refractivity contribution is 7.88. The molecule has 8 nitrogen and oxygen atoms in total. The molecule has 0 radical (unpaired) electrons. The van der Waals surface area contributed by atoms with E-state index >= 15 is 0 Å². The second kappa shape index (κ2) is 8.78. The van der Waals surface area contributed by atoms with Gasteiger partial charge < -0.3 is 9.88 Å². The summed E-state index contributed by atoms with van der Waals surface area (Å²) in [6.07, 6.45) is 10.1. The summed E-state index contributed by atoms with van der Waals surface area (Å²) in [5.41, 5.74) is 0.879. The topological polar surface area (TPSA) is 103 Å². The number of carbonyl (C=O) groups excluding carboxylic acids is 1. The lowest BCUT2D eigenvalue weighted by Gasteiger charge is -2.34. The first kappa shape index (κ1) is 21.5. The van der Waals surface area contributed by atoms with Crippen LogP contribution < -0.4 is 5.56 Å². The van der Waals surface area contributed by atoms with E-state index in [4.69, 9.17) is 4.98 Å². The number of rotatable bonds is 4. The number of nitrogens with one attached hydrogen (secondary N) is 1. The van der Waals surface area contributed by atoms with Gasteiger partial charge in [0.05, 0.1) is 17.5 Å². The molecule has 4 rings (SSSR count). The highest BCUT2D eigenvalue weighted by Gasteiger charge is 2.31. The zero-order valence-electron chi connectivity index (χ0n) is 17.7. The minimum absolute atomic E-state index is 0.0278. The number of aromatic nitrogens is 2. The predicted molar refractivity (Wildman–Crippen MR) is 114 cm³/mol. The SMILES string of the molecule is CS(=O)(=O)N1CCc2nc([C@@H]3CCCN(C(=O)CC4CCCCC4)C3)[nH]c(=O)c2C1. The molecule has 2 aliphatic heterocycles. The summed E-state index contributed by atoms with van der Waals surface area (Å²) >= 11 is 0. The lowest BCUT2D eigenvalue weighted by Crippen LogP contribution is -2.42. The van der Waals surface area contributed by atoms with Crippen molar-refractivity contribution in [1.29, 1.82) is 0 Å². The number of aromatic amines is 1. The zero-order valence-corrected chi connectivity index (χ0v) is 18.5. The highest BCUT2D eigenvalue weighted by atomic mass is 32.2. The lowest BCUT2D eigenvalue weighted by molar-refractivity contribution is -0.133. The van der Waals surface area contributed by atoms with Crippen LogP contribution in [0.2, 0.25) is 0 Å². The quantitative estimate of drug-likeness (QED) is 0.775. The summed E-state index contributed by atoms with van der Waals surface area (Å²) in [6.45, 7) is 1.80. The average Bonchev–Trinajstić information content (AvgIpc) is 2.73. The summed E-state index contributed by atoms with van der Waals surface area (Å²) in [5.74, 6) is 1.42. The van der Waals surface area contributed by atoms with Crippen LogP contribution in [0, 0.1) is 5.92 Å². The van der Waals surface area contributed by atoms with Crippen LogP contribution in [-0.4, -0.2) is 59.4 Å². The molecule has 1 saturated carbocycles. The van der Waals surface area contributed by atoms with Crippen LogP contribution in [0.1, 0.15) is 74.4 Å². The summed E-state index contributed by atoms with van der Waals surface area (Å²) in [4.78, 5) is 35.1. The van der Waals surface area contributed by atoms with Crippen LogP contribution in [-0.2, 0) is 27.8 Å². The van der Waals surface area contributed by atoms with E-state index in [1.54, 1.807) is 0 Å². The van der Waals surface area contributed by atoms with E-state index in [0.29, 0.717) is 48.9 Å². The molecule has 3 heterocycles. The molecule has 30 heavy (non-hydrogen) atoms. The Balaban J connectivity index is 1.46. The molecule has 0 bridgehead atoms. The molecule has 9 heteroatoms. The number of hydrogen-bond donors (Lipinski definition) is 1. The van der Waals surface area contributed by atoms with Crippen molar-refractivity contribution in [1.82, 2.24) is 19.2 Å². The van der Waals surface area contributed by atoms with E-state index in [0.717, 1.165) is 38.5 Å². The Bertz CT molecular complexity index is 952. The van der Waals surface area contributed by atoms with Crippen molar-refractivity contribution in [2.24, 2.45) is 5.92 Å². The van der Waals surface area contributed by atoms with E-state index in [1.807, 2.05) is 4.90 Å². The van der Waals surface area contributed by atoms with Gasteiger partial charge in [-0.3, -0.25) is 9.59 Å². The second-order valence-corrected chi connectivity index (χ2v) is 11.1. The fourth-order valence-electron chi connectivity index (χ4n) is 5.09. The molecule has 3 aliphatic rings. The van der Waals surface area contributed by atoms with Gasteiger partial charge in [0.25, 0.3) is 5.56 Å². The normalized spacial score (nSPS) is 23.9. The van der Waals surface area contributed by atoms with Gasteiger partial charge in [0.1, 0.15) is 5.82 Å². The Labute approximate surface area is 178 Å². The molecule has 0 spiro atoms. The zero-order chi connectivity index (χ0) is 21.3. The van der Waals surface area contributed by atoms with Crippen molar-refractivity contribution in [2.45, 2.75) is 70.3 Å². The fourth-order valence-corrected chi connectivity index (χ4v) is 5.88. The maximum absolute atomic E-state index is 12.8. The standard InChI is InChI=1S/C21H32N4O4S/c1-30(28,29)25-11-9-18-17(14-25)21(27)23-20(22-18)16-8-5-10-24(13-16)19(26)12-15-6-3-2-4-7-15/h15-16H,2-14H2,1H3,(H,22,23,27)/t16-/m1/s1. The molecule has 0 unspecified atom stereocenters. The first-order valence-electron chi connectivity index (χ1n) is 11.2. The summed E-state index contributed by atoms with van der Waals surface area (Å²) in [6, 6.07) is 0. The number of piperidine rings is 1. The summed E-state index contributed by atoms with van der Waals surface area (Å²) < 4.78 is 25.0. The van der Waals surface area contributed by atoms with Gasteiger partial charge in [-0.2, -0.15) is 4.31 Å². The molecule has 0 aromatic carbocycles. The lowest BCUT2D eigenvalue weighted by atomic mass is 9.86. The van der Waals surface area contributed by atoms with Crippen molar-refractivity contribution in [3.63, 3.8) is 0 Å². The van der Waals surface area contributed by atoms with Crippen LogP contribution in [0.25, 0.3) is 0 Å². The third-order valence-electron chi connectivity index (χ3n) is 6.87. The molecule has 1 amide bonds. The predicted octanol–water partition coefficient (Wildman–Crippen LogP) is 1.76. The Morgan fingerprint density at radius 3 is 2.63 bits per heavy atom. The van der Waals surface area contributed by atoms with Gasteiger partial charge >= 0.3 is 0 Å². The first-order chi connectivity index (χ1) is 14.3. The third-order valence-corrected chi connectivity index (χ3v) is 8.12. The van der Waals surface area contributed by atoms with Gasteiger partial charge in [-0.15, -0.1) is 0 Å². The van der Waals surface area contributed by atoms with Crippen LogP contribution >= 0.6 is 0 Å². The van der Waals surface area contributed by atoms with E-state index in [-0.39, 0.29) is 23.9 Å². The second-order valence-electron chi connectivity index (χ2n) is 9.11. The molecule has 1 saturated heterocycles. The maximum Gasteiger partial charge on any atom is 0.255 e. The molecule has 1 aromatic heterocycles. The number of fused-ring (bicyclic) bond motifs is 1. The van der Waals surface area contributed by atoms with E-state index in [1.165, 1.54) is 23.6 Å². The van der Waals surface area contributed by atoms with E-state index < -0.39 is 10.0 Å². The maximum atomic E-state index is 12.8. The number of H-pyrrole nitrogens is 1. The fraction of sp³-hybridized carbons (Fsp3) is 0.762. The minimum Gasteiger partial charge on any atom is -0.342 e. The van der Waals surface area contributed by atoms with Crippen molar-refractivity contribution in [3.8, 4) is 0 Å². The van der Waals surface area contributed by atoms with Gasteiger partial charge in [0.2, 0.25) is 15.9 Å². The number of likely N-dealkylation sites (tertiary alicyclic amines) is 1. The molecule has 1 atom stereocenters. The molecule has 166 valence electrons. The van der Waals surface area contributed by atoms with Gasteiger partial charge in [-0.05, 0) is 31.6 Å². The molecule has 1 aromatic rings. The van der Waals surface area contributed by atoms with E-state index in [9.17, 15) is 18.0 Å². The van der Waals surface area contributed by atoms with Crippen molar-refractivity contribution < 1.29 is 13.2 Å². The summed E-state index contributed by atoms with van der Waals surface area (Å²) in [7, 11) is -3.34. The van der Waals surface area contributed by atoms with Gasteiger partial charge in [0.15, 0.2) is 0 Å². The van der Waals surface area contributed by atoms with Crippen molar-refractivity contribution in [3.05, 3.63) is 27.4 Å². The van der Waals surface area contributed by atoms with Gasteiger partial charge in [-0.1, -0.05) is 19.3 Å². The number of carbonyl (C=O) groups is 1. The first-order valence-corrected chi connectivity index (χ1v) is 13.0. The van der Waals surface area contributed by atoms with Crippen LogP contribution in [0.5, 0.6) is 0 Å². The largest absolute Gasteiger partial charge is 0.342 e. The number of sulfonamides is 1. The molecular formula is C21H32N4O4S. The van der Waals surface area contributed by atoms with Crippen LogP contribution in [0.3, 0.4) is 0 Å². The molecule has 1 N–H and O–H groups in total. The van der Waals surface area contributed by atoms with Crippen molar-refractivity contribution in [2.75, 3.05) is 25.9 Å². The van der Waals surface area contributed by atoms with Gasteiger partial charge in [-0.25, -0.2) is 13.4 Å². The van der Waals surface area contributed by atoms with Crippen molar-refractivity contribution >= 4 is 15.9 Å². The monoisotopic (exact) mass is 436 g/mol. The minimum atomic E-state index is -3.34. The smallest absolute Gasteiger partial charge is 0.255 e. The van der Waals surface area contributed by atoms with Crippen LogP contribution in [0.4, 0.5) is 0 Å². The number of nitrogens with zero attached hydrogens (tertiary/aromatic N) is 3. The van der Waals surface area contributed by atoms with Crippen LogP contribution in [0.15, 0.2) is 4.79 Å². The Hall–Kier alpha value is -1.74. The Morgan fingerprint density at radius 1 is 1.13 bits per heavy atom. The number of amides is 1. The molecule has 2 fully saturated rings. The van der Waals surface area contributed by atoms with E-state index in [2.05, 4.69) is 4.98 Å². The Kier molecular flexibility index (Phi) is 6.29. The number of hydrogen-bond acceptors (Lipinski definition) is 5. The Morgan fingerprint density at radius 2 is 1.90 bits per heavy atom. The highest BCUT2D eigenvalue weighted by Crippen LogP contribution is 2.30. The molecule has 1 aliphatic carbocycles. The third kappa shape index (κ3) is 4.77. The van der Waals surface area contributed by atoms with Gasteiger partial charge in [0, 0.05) is 44.9 Å². The molecular weight excluding hydrogens is 404 g/mol. The summed E-state index contributed by atoms with van der Waals surface area (Å²) in [5, 5.41) is 0.